The van der Waals surface area contributed by atoms with E-state index in [4.69, 9.17) is 10.5 Å². The van der Waals surface area contributed by atoms with E-state index in [0.29, 0.717) is 24.0 Å². The molecule has 0 aliphatic rings. The number of ether oxygens (including phenoxy) is 1. The minimum absolute atomic E-state index is 0.264. The van der Waals surface area contributed by atoms with Crippen LogP contribution in [0.3, 0.4) is 0 Å². The van der Waals surface area contributed by atoms with Gasteiger partial charge in [-0.3, -0.25) is 0 Å². The fraction of sp³-hybridized carbons (Fsp3) is 0.267. The minimum Gasteiger partial charge on any atom is -0.476 e. The number of hydrogen-bond donors (Lipinski definition) is 1. The highest BCUT2D eigenvalue weighted by Crippen LogP contribution is 2.27. The fourth-order valence-electron chi connectivity index (χ4n) is 1.74. The number of pyridine rings is 1. The number of rotatable bonds is 5. The average molecular weight is 275 g/mol. The number of nitrogens with zero attached hydrogens (tertiary/aromatic N) is 2. The molecule has 1 aromatic carbocycles. The van der Waals surface area contributed by atoms with E-state index in [1.807, 2.05) is 18.9 Å². The molecule has 0 spiro atoms. The first-order valence-corrected chi connectivity index (χ1v) is 6.50. The van der Waals surface area contributed by atoms with Crippen molar-refractivity contribution in [3.05, 3.63) is 42.2 Å². The molecule has 1 aromatic heterocycles. The quantitative estimate of drug-likeness (QED) is 0.909. The monoisotopic (exact) mass is 275 g/mol. The Hall–Kier alpha value is -2.30. The fourth-order valence-corrected chi connectivity index (χ4v) is 1.74. The van der Waals surface area contributed by atoms with Crippen LogP contribution in [0.4, 0.5) is 21.6 Å². The average Bonchev–Trinajstić information content (AvgIpc) is 2.46. The van der Waals surface area contributed by atoms with Crippen LogP contribution in [-0.4, -0.2) is 18.6 Å². The van der Waals surface area contributed by atoms with Gasteiger partial charge in [-0.25, -0.2) is 4.39 Å². The van der Waals surface area contributed by atoms with Gasteiger partial charge in [-0.1, -0.05) is 6.92 Å². The normalized spacial score (nSPS) is 10.3. The van der Waals surface area contributed by atoms with Crippen molar-refractivity contribution in [2.24, 2.45) is 0 Å². The molecular formula is C15H18FN3O. The summed E-state index contributed by atoms with van der Waals surface area (Å²) >= 11 is 0. The smallest absolute Gasteiger partial charge is 0.239 e. The van der Waals surface area contributed by atoms with Crippen LogP contribution in [0.5, 0.6) is 5.88 Å². The molecule has 0 atom stereocenters. The number of nitrogen functional groups attached to an aromatic ring is 1. The van der Waals surface area contributed by atoms with E-state index >= 15 is 0 Å². The molecule has 1 heterocycles. The molecule has 0 fully saturated rings. The first-order valence-electron chi connectivity index (χ1n) is 6.50. The lowest BCUT2D eigenvalue weighted by Crippen LogP contribution is -2.12. The SMILES string of the molecule is CCCOc1nc(N(C)c2ccc(F)cc2)ccc1N. The van der Waals surface area contributed by atoms with Crippen LogP contribution in [-0.2, 0) is 0 Å². The van der Waals surface area contributed by atoms with E-state index in [2.05, 4.69) is 4.98 Å². The third kappa shape index (κ3) is 3.17. The summed E-state index contributed by atoms with van der Waals surface area (Å²) in [5.41, 5.74) is 7.18. The van der Waals surface area contributed by atoms with Gasteiger partial charge in [-0.05, 0) is 42.8 Å². The summed E-state index contributed by atoms with van der Waals surface area (Å²) in [6, 6.07) is 9.78. The zero-order chi connectivity index (χ0) is 14.5. The summed E-state index contributed by atoms with van der Waals surface area (Å²) in [5, 5.41) is 0. The standard InChI is InChI=1S/C15H18FN3O/c1-3-10-20-15-13(17)8-9-14(18-15)19(2)12-6-4-11(16)5-7-12/h4-9H,3,10,17H2,1-2H3. The second-order valence-electron chi connectivity index (χ2n) is 4.45. The molecule has 0 aliphatic heterocycles. The van der Waals surface area contributed by atoms with Crippen LogP contribution in [0.1, 0.15) is 13.3 Å². The summed E-state index contributed by atoms with van der Waals surface area (Å²) in [6.45, 7) is 2.59. The van der Waals surface area contributed by atoms with Crippen LogP contribution >= 0.6 is 0 Å². The van der Waals surface area contributed by atoms with E-state index in [9.17, 15) is 4.39 Å². The van der Waals surface area contributed by atoms with Crippen molar-refractivity contribution in [1.82, 2.24) is 4.98 Å². The molecule has 20 heavy (non-hydrogen) atoms. The molecule has 5 heteroatoms. The molecule has 0 aliphatic carbocycles. The van der Waals surface area contributed by atoms with E-state index in [1.165, 1.54) is 12.1 Å². The lowest BCUT2D eigenvalue weighted by Gasteiger charge is -2.19. The molecule has 2 aromatic rings. The Labute approximate surface area is 118 Å². The summed E-state index contributed by atoms with van der Waals surface area (Å²) in [5.74, 6) is 0.856. The Kier molecular flexibility index (Phi) is 4.40. The molecule has 0 saturated carbocycles. The maximum atomic E-state index is 12.9. The lowest BCUT2D eigenvalue weighted by molar-refractivity contribution is 0.307. The molecule has 0 saturated heterocycles. The summed E-state index contributed by atoms with van der Waals surface area (Å²) < 4.78 is 18.4. The van der Waals surface area contributed by atoms with Crippen molar-refractivity contribution >= 4 is 17.2 Å². The van der Waals surface area contributed by atoms with Gasteiger partial charge in [0.15, 0.2) is 0 Å². The number of aromatic nitrogens is 1. The molecule has 2 N–H and O–H groups in total. The predicted molar refractivity (Wildman–Crippen MR) is 78.9 cm³/mol. The van der Waals surface area contributed by atoms with Gasteiger partial charge in [0, 0.05) is 12.7 Å². The largest absolute Gasteiger partial charge is 0.476 e. The van der Waals surface area contributed by atoms with Crippen molar-refractivity contribution in [3.8, 4) is 5.88 Å². The van der Waals surface area contributed by atoms with E-state index in [1.54, 1.807) is 24.3 Å². The predicted octanol–water partition coefficient (Wildman–Crippen LogP) is 3.36. The first kappa shape index (κ1) is 14.1. The van der Waals surface area contributed by atoms with E-state index < -0.39 is 0 Å². The van der Waals surface area contributed by atoms with Gasteiger partial charge >= 0.3 is 0 Å². The van der Waals surface area contributed by atoms with Crippen LogP contribution < -0.4 is 15.4 Å². The van der Waals surface area contributed by atoms with Crippen molar-refractivity contribution in [3.63, 3.8) is 0 Å². The third-order valence-corrected chi connectivity index (χ3v) is 2.88. The second kappa shape index (κ2) is 6.23. The van der Waals surface area contributed by atoms with E-state index in [-0.39, 0.29) is 5.82 Å². The van der Waals surface area contributed by atoms with Gasteiger partial charge in [0.1, 0.15) is 11.6 Å². The Morgan fingerprint density at radius 3 is 2.55 bits per heavy atom. The topological polar surface area (TPSA) is 51.4 Å². The van der Waals surface area contributed by atoms with Gasteiger partial charge in [0.25, 0.3) is 0 Å². The minimum atomic E-state index is -0.264. The second-order valence-corrected chi connectivity index (χ2v) is 4.45. The molecule has 0 amide bonds. The Morgan fingerprint density at radius 1 is 1.20 bits per heavy atom. The molecule has 0 radical (unpaired) electrons. The van der Waals surface area contributed by atoms with Crippen LogP contribution in [0, 0.1) is 5.82 Å². The van der Waals surface area contributed by atoms with Crippen LogP contribution in [0.25, 0.3) is 0 Å². The molecule has 0 unspecified atom stereocenters. The van der Waals surface area contributed by atoms with Gasteiger partial charge < -0.3 is 15.4 Å². The highest BCUT2D eigenvalue weighted by atomic mass is 19.1. The first-order chi connectivity index (χ1) is 9.61. The number of hydrogen-bond acceptors (Lipinski definition) is 4. The summed E-state index contributed by atoms with van der Waals surface area (Å²) in [4.78, 5) is 6.24. The molecular weight excluding hydrogens is 257 g/mol. The van der Waals surface area contributed by atoms with Crippen LogP contribution in [0.2, 0.25) is 0 Å². The lowest BCUT2D eigenvalue weighted by atomic mass is 10.3. The van der Waals surface area contributed by atoms with Crippen molar-refractivity contribution in [2.45, 2.75) is 13.3 Å². The maximum Gasteiger partial charge on any atom is 0.239 e. The zero-order valence-corrected chi connectivity index (χ0v) is 11.6. The van der Waals surface area contributed by atoms with Crippen molar-refractivity contribution in [2.75, 3.05) is 24.3 Å². The third-order valence-electron chi connectivity index (χ3n) is 2.88. The van der Waals surface area contributed by atoms with E-state index in [0.717, 1.165) is 12.1 Å². The van der Waals surface area contributed by atoms with Gasteiger partial charge in [-0.15, -0.1) is 0 Å². The highest BCUT2D eigenvalue weighted by molar-refractivity contribution is 5.62. The molecule has 106 valence electrons. The van der Waals surface area contributed by atoms with Gasteiger partial charge in [-0.2, -0.15) is 4.98 Å². The number of anilines is 3. The van der Waals surface area contributed by atoms with Gasteiger partial charge in [0.05, 0.1) is 12.3 Å². The van der Waals surface area contributed by atoms with Crippen LogP contribution in [0.15, 0.2) is 36.4 Å². The number of benzene rings is 1. The number of halogens is 1. The van der Waals surface area contributed by atoms with Crippen molar-refractivity contribution < 1.29 is 9.13 Å². The zero-order valence-electron chi connectivity index (χ0n) is 11.6. The summed E-state index contributed by atoms with van der Waals surface area (Å²) in [7, 11) is 1.86. The molecule has 4 nitrogen and oxygen atoms in total. The Morgan fingerprint density at radius 2 is 1.90 bits per heavy atom. The van der Waals surface area contributed by atoms with Gasteiger partial charge in [0.2, 0.25) is 5.88 Å². The Balaban J connectivity index is 2.25. The Bertz CT molecular complexity index is 572. The van der Waals surface area contributed by atoms with Crippen molar-refractivity contribution in [1.29, 1.82) is 0 Å². The maximum absolute atomic E-state index is 12.9. The summed E-state index contributed by atoms with van der Waals surface area (Å²) in [6.07, 6.45) is 0.888. The molecule has 2 rings (SSSR count). The highest BCUT2D eigenvalue weighted by Gasteiger charge is 2.09. The number of nitrogens with two attached hydrogens (primary N) is 1. The molecule has 0 bridgehead atoms.